The minimum Gasteiger partial charge on any atom is -0.502 e. The molecule has 250 valence electrons. The van der Waals surface area contributed by atoms with E-state index in [9.17, 15) is 9.90 Å². The maximum absolute atomic E-state index is 12.9. The second-order valence-corrected chi connectivity index (χ2v) is 12.9. The molecule has 0 spiro atoms. The van der Waals surface area contributed by atoms with Gasteiger partial charge in [0.05, 0.1) is 12.5 Å². The first-order chi connectivity index (χ1) is 22.1. The lowest BCUT2D eigenvalue weighted by Gasteiger charge is -2.25. The summed E-state index contributed by atoms with van der Waals surface area (Å²) in [6.07, 6.45) is 26.8. The van der Waals surface area contributed by atoms with Crippen molar-refractivity contribution in [2.75, 3.05) is 25.1 Å². The van der Waals surface area contributed by atoms with Gasteiger partial charge in [-0.3, -0.25) is 4.79 Å². The lowest BCUT2D eigenvalue weighted by atomic mass is 10.1. The van der Waals surface area contributed by atoms with Gasteiger partial charge in [-0.1, -0.05) is 129 Å². The molecule has 0 unspecified atom stereocenters. The van der Waals surface area contributed by atoms with Gasteiger partial charge in [-0.25, -0.2) is 0 Å². The van der Waals surface area contributed by atoms with Gasteiger partial charge >= 0.3 is 0 Å². The number of unbranched alkanes of at least 4 members (excludes halogenated alkanes) is 18. The van der Waals surface area contributed by atoms with Crippen LogP contribution in [0.4, 0.5) is 5.69 Å². The van der Waals surface area contributed by atoms with Gasteiger partial charge in [-0.05, 0) is 49.2 Å². The van der Waals surface area contributed by atoms with Crippen molar-refractivity contribution >= 4 is 16.7 Å². The molecular formula is C40H61NO4. The summed E-state index contributed by atoms with van der Waals surface area (Å²) in [6.45, 7) is 6.68. The van der Waals surface area contributed by atoms with Crippen LogP contribution in [0, 0.1) is 0 Å². The highest BCUT2D eigenvalue weighted by Gasteiger charge is 2.16. The Kier molecular flexibility index (Phi) is 17.6. The Labute approximate surface area is 273 Å². The smallest absolute Gasteiger partial charge is 0.235 e. The molecule has 3 aromatic rings. The van der Waals surface area contributed by atoms with E-state index in [4.69, 9.17) is 9.15 Å². The van der Waals surface area contributed by atoms with Crippen molar-refractivity contribution in [3.8, 4) is 22.8 Å². The number of anilines is 1. The highest BCUT2D eigenvalue weighted by molar-refractivity contribution is 5.83. The molecule has 0 atom stereocenters. The quantitative estimate of drug-likeness (QED) is 0.0956. The molecule has 0 aliphatic rings. The molecule has 0 bridgehead atoms. The Morgan fingerprint density at radius 1 is 0.644 bits per heavy atom. The van der Waals surface area contributed by atoms with E-state index < -0.39 is 5.43 Å². The molecule has 0 radical (unpaired) electrons. The van der Waals surface area contributed by atoms with Crippen molar-refractivity contribution < 1.29 is 14.3 Å². The summed E-state index contributed by atoms with van der Waals surface area (Å²) in [4.78, 5) is 15.4. The highest BCUT2D eigenvalue weighted by atomic mass is 16.5. The predicted molar refractivity (Wildman–Crippen MR) is 192 cm³/mol. The van der Waals surface area contributed by atoms with Gasteiger partial charge in [0.25, 0.3) is 0 Å². The van der Waals surface area contributed by atoms with Crippen LogP contribution in [0.3, 0.4) is 0 Å². The molecule has 0 aliphatic heterocycles. The summed E-state index contributed by atoms with van der Waals surface area (Å²) < 4.78 is 11.3. The van der Waals surface area contributed by atoms with Crippen LogP contribution in [-0.4, -0.2) is 25.3 Å². The summed E-state index contributed by atoms with van der Waals surface area (Å²) >= 11 is 0. The lowest BCUT2D eigenvalue weighted by Crippen LogP contribution is -2.25. The number of fused-ring (bicyclic) bond motifs is 1. The van der Waals surface area contributed by atoms with Crippen LogP contribution < -0.4 is 15.1 Å². The zero-order valence-corrected chi connectivity index (χ0v) is 28.7. The van der Waals surface area contributed by atoms with E-state index in [-0.39, 0.29) is 11.5 Å². The van der Waals surface area contributed by atoms with Crippen molar-refractivity contribution in [2.24, 2.45) is 0 Å². The zero-order valence-electron chi connectivity index (χ0n) is 28.7. The Morgan fingerprint density at radius 3 is 1.58 bits per heavy atom. The average Bonchev–Trinajstić information content (AvgIpc) is 3.07. The van der Waals surface area contributed by atoms with E-state index in [2.05, 4.69) is 30.9 Å². The second-order valence-electron chi connectivity index (χ2n) is 12.9. The maximum atomic E-state index is 12.9. The molecule has 0 saturated carbocycles. The van der Waals surface area contributed by atoms with Gasteiger partial charge < -0.3 is 19.2 Å². The van der Waals surface area contributed by atoms with Gasteiger partial charge in [-0.15, -0.1) is 0 Å². The standard InChI is InChI=1S/C40H61NO4/c1-4-6-8-10-12-14-16-18-20-22-30-41(31-23-21-19-17-15-13-11-9-7-5-2)34-26-24-33(25-27-34)40-39(43)38(42)36-29-28-35(44-3)32-37(36)45-40/h24-29,32,43H,4-23,30-31H2,1-3H3. The fourth-order valence-electron chi connectivity index (χ4n) is 6.26. The summed E-state index contributed by atoms with van der Waals surface area (Å²) in [5, 5.41) is 11.1. The monoisotopic (exact) mass is 619 g/mol. The molecule has 0 amide bonds. The summed E-state index contributed by atoms with van der Waals surface area (Å²) in [7, 11) is 1.58. The van der Waals surface area contributed by atoms with Crippen molar-refractivity contribution in [1.82, 2.24) is 0 Å². The molecule has 1 heterocycles. The molecule has 5 heteroatoms. The normalized spacial score (nSPS) is 11.4. The molecule has 3 rings (SSSR count). The fraction of sp³-hybridized carbons (Fsp3) is 0.625. The van der Waals surface area contributed by atoms with Crippen LogP contribution >= 0.6 is 0 Å². The summed E-state index contributed by atoms with van der Waals surface area (Å²) in [6, 6.07) is 13.2. The third-order valence-corrected chi connectivity index (χ3v) is 9.13. The molecule has 0 fully saturated rings. The number of methoxy groups -OCH3 is 1. The minimum absolute atomic E-state index is 0.197. The van der Waals surface area contributed by atoms with Crippen LogP contribution in [0.2, 0.25) is 0 Å². The van der Waals surface area contributed by atoms with Gasteiger partial charge in [0.15, 0.2) is 5.76 Å². The molecule has 0 aliphatic carbocycles. The number of benzene rings is 2. The Balaban J connectivity index is 1.57. The Morgan fingerprint density at radius 2 is 1.11 bits per heavy atom. The van der Waals surface area contributed by atoms with Crippen LogP contribution in [0.25, 0.3) is 22.3 Å². The van der Waals surface area contributed by atoms with Crippen LogP contribution in [0.1, 0.15) is 142 Å². The van der Waals surface area contributed by atoms with E-state index in [1.165, 1.54) is 134 Å². The molecule has 1 aromatic heterocycles. The second kappa shape index (κ2) is 21.7. The maximum Gasteiger partial charge on any atom is 0.235 e. The molecule has 1 N–H and O–H groups in total. The van der Waals surface area contributed by atoms with E-state index in [1.54, 1.807) is 25.3 Å². The molecular weight excluding hydrogens is 558 g/mol. The van der Waals surface area contributed by atoms with Crippen LogP contribution in [-0.2, 0) is 0 Å². The summed E-state index contributed by atoms with van der Waals surface area (Å²) in [5.41, 5.74) is 1.85. The van der Waals surface area contributed by atoms with Gasteiger partial charge in [0, 0.05) is 30.4 Å². The zero-order chi connectivity index (χ0) is 32.1. The number of aromatic hydroxyl groups is 1. The lowest BCUT2D eigenvalue weighted by molar-refractivity contribution is 0.413. The number of hydrogen-bond acceptors (Lipinski definition) is 5. The van der Waals surface area contributed by atoms with Gasteiger partial charge in [0.2, 0.25) is 11.2 Å². The number of hydrogen-bond donors (Lipinski definition) is 1. The van der Waals surface area contributed by atoms with Gasteiger partial charge in [0.1, 0.15) is 11.3 Å². The van der Waals surface area contributed by atoms with Crippen LogP contribution in [0.15, 0.2) is 51.7 Å². The van der Waals surface area contributed by atoms with Crippen molar-refractivity contribution in [2.45, 2.75) is 142 Å². The van der Waals surface area contributed by atoms with Gasteiger partial charge in [-0.2, -0.15) is 0 Å². The fourth-order valence-corrected chi connectivity index (χ4v) is 6.26. The first-order valence-electron chi connectivity index (χ1n) is 18.3. The Bertz CT molecular complexity index is 1240. The number of ether oxygens (including phenoxy) is 1. The molecule has 0 saturated heterocycles. The van der Waals surface area contributed by atoms with Crippen molar-refractivity contribution in [1.29, 1.82) is 0 Å². The van der Waals surface area contributed by atoms with Crippen molar-refractivity contribution in [3.05, 3.63) is 52.7 Å². The minimum atomic E-state index is -0.429. The van der Waals surface area contributed by atoms with E-state index in [0.29, 0.717) is 22.3 Å². The third kappa shape index (κ3) is 12.8. The first-order valence-corrected chi connectivity index (χ1v) is 18.3. The average molecular weight is 620 g/mol. The molecule has 45 heavy (non-hydrogen) atoms. The largest absolute Gasteiger partial charge is 0.502 e. The van der Waals surface area contributed by atoms with Crippen LogP contribution in [0.5, 0.6) is 11.5 Å². The number of nitrogens with zero attached hydrogens (tertiary/aromatic N) is 1. The SMILES string of the molecule is CCCCCCCCCCCCN(CCCCCCCCCCCC)c1ccc(-c2oc3cc(OC)ccc3c(=O)c2O)cc1. The Hall–Kier alpha value is -2.95. The number of rotatable bonds is 25. The third-order valence-electron chi connectivity index (χ3n) is 9.13. The van der Waals surface area contributed by atoms with E-state index >= 15 is 0 Å². The first kappa shape index (κ1) is 36.5. The molecule has 5 nitrogen and oxygen atoms in total. The topological polar surface area (TPSA) is 62.9 Å². The molecule has 2 aromatic carbocycles. The summed E-state index contributed by atoms with van der Waals surface area (Å²) in [5.74, 6) is 0.448. The van der Waals surface area contributed by atoms with E-state index in [0.717, 1.165) is 13.1 Å². The highest BCUT2D eigenvalue weighted by Crippen LogP contribution is 2.32. The predicted octanol–water partition coefficient (Wildman–Crippen LogP) is 11.8. The van der Waals surface area contributed by atoms with Crippen molar-refractivity contribution in [3.63, 3.8) is 0 Å². The van der Waals surface area contributed by atoms with E-state index in [1.807, 2.05) is 12.1 Å².